The zero-order chi connectivity index (χ0) is 15.4. The molecule has 0 aliphatic carbocycles. The minimum absolute atomic E-state index is 0.0711. The van der Waals surface area contributed by atoms with E-state index in [2.05, 4.69) is 29.3 Å². The van der Waals surface area contributed by atoms with Crippen LogP contribution in [0, 0.1) is 0 Å². The first-order valence-corrected chi connectivity index (χ1v) is 7.66. The van der Waals surface area contributed by atoms with Gasteiger partial charge in [-0.3, -0.25) is 4.79 Å². The van der Waals surface area contributed by atoms with Crippen LogP contribution in [0.4, 0.5) is 11.4 Å². The minimum Gasteiger partial charge on any atom is -0.364 e. The van der Waals surface area contributed by atoms with Gasteiger partial charge >= 0.3 is 0 Å². The molecule has 1 heterocycles. The van der Waals surface area contributed by atoms with Crippen LogP contribution >= 0.6 is 0 Å². The number of carbonyl (C=O) groups is 1. The number of nitrogens with one attached hydrogen (secondary N) is 1. The van der Waals surface area contributed by atoms with E-state index in [1.807, 2.05) is 48.5 Å². The second kappa shape index (κ2) is 6.48. The van der Waals surface area contributed by atoms with Crippen molar-refractivity contribution in [1.29, 1.82) is 0 Å². The molecule has 2 aromatic rings. The lowest BCUT2D eigenvalue weighted by atomic mass is 10.1. The Labute approximate surface area is 131 Å². The highest BCUT2D eigenvalue weighted by atomic mass is 16.1. The van der Waals surface area contributed by atoms with Gasteiger partial charge in [-0.05, 0) is 42.3 Å². The molecule has 3 rings (SSSR count). The molecule has 2 aromatic carbocycles. The molecule has 22 heavy (non-hydrogen) atoms. The zero-order valence-electron chi connectivity index (χ0n) is 12.8. The van der Waals surface area contributed by atoms with Crippen molar-refractivity contribution in [2.45, 2.75) is 13.3 Å². The molecule has 0 aromatic heterocycles. The largest absolute Gasteiger partial charge is 0.364 e. The Morgan fingerprint density at radius 2 is 1.82 bits per heavy atom. The number of carbonyl (C=O) groups excluding carboxylic acids is 1. The first kappa shape index (κ1) is 14.4. The standard InChI is InChI=1S/C19H20N2O/c1-2-15-8-10-17(11-9-15)20-19(22)16-6-5-7-18(14-16)21-12-3-4-13-21/h3-11,14H,2,12-13H2,1H3,(H,20,22). The van der Waals surface area contributed by atoms with Crippen LogP contribution in [0.5, 0.6) is 0 Å². The lowest BCUT2D eigenvalue weighted by Crippen LogP contribution is -2.19. The van der Waals surface area contributed by atoms with Crippen molar-refractivity contribution < 1.29 is 4.79 Å². The van der Waals surface area contributed by atoms with Crippen LogP contribution in [0.1, 0.15) is 22.8 Å². The van der Waals surface area contributed by atoms with Gasteiger partial charge in [0.05, 0.1) is 0 Å². The average molecular weight is 292 g/mol. The molecule has 1 amide bonds. The molecule has 1 aliphatic heterocycles. The van der Waals surface area contributed by atoms with E-state index in [-0.39, 0.29) is 5.91 Å². The lowest BCUT2D eigenvalue weighted by Gasteiger charge is -2.18. The van der Waals surface area contributed by atoms with Crippen molar-refractivity contribution in [3.8, 4) is 0 Å². The number of hydrogen-bond acceptors (Lipinski definition) is 2. The van der Waals surface area contributed by atoms with E-state index in [0.29, 0.717) is 5.56 Å². The SMILES string of the molecule is CCc1ccc(NC(=O)c2cccc(N3CC=CC3)c2)cc1. The Balaban J connectivity index is 1.72. The van der Waals surface area contributed by atoms with Crippen LogP contribution < -0.4 is 10.2 Å². The molecular weight excluding hydrogens is 272 g/mol. The van der Waals surface area contributed by atoms with Gasteiger partial charge in [-0.25, -0.2) is 0 Å². The molecule has 3 nitrogen and oxygen atoms in total. The molecule has 0 saturated carbocycles. The molecule has 0 bridgehead atoms. The first-order chi connectivity index (χ1) is 10.8. The second-order valence-electron chi connectivity index (χ2n) is 5.43. The predicted octanol–water partition coefficient (Wildman–Crippen LogP) is 3.88. The summed E-state index contributed by atoms with van der Waals surface area (Å²) >= 11 is 0. The van der Waals surface area contributed by atoms with Crippen molar-refractivity contribution in [2.24, 2.45) is 0 Å². The normalized spacial score (nSPS) is 13.4. The van der Waals surface area contributed by atoms with Crippen LogP contribution in [-0.4, -0.2) is 19.0 Å². The summed E-state index contributed by atoms with van der Waals surface area (Å²) in [5, 5.41) is 2.95. The number of nitrogens with zero attached hydrogens (tertiary/aromatic N) is 1. The third kappa shape index (κ3) is 3.19. The third-order valence-corrected chi connectivity index (χ3v) is 3.91. The van der Waals surface area contributed by atoms with Crippen molar-refractivity contribution in [1.82, 2.24) is 0 Å². The van der Waals surface area contributed by atoms with E-state index in [1.54, 1.807) is 0 Å². The van der Waals surface area contributed by atoms with Crippen LogP contribution in [0.3, 0.4) is 0 Å². The van der Waals surface area contributed by atoms with Gasteiger partial charge in [0.15, 0.2) is 0 Å². The highest BCUT2D eigenvalue weighted by Crippen LogP contribution is 2.19. The summed E-state index contributed by atoms with van der Waals surface area (Å²) < 4.78 is 0. The molecule has 112 valence electrons. The summed E-state index contributed by atoms with van der Waals surface area (Å²) in [5.41, 5.74) is 3.86. The summed E-state index contributed by atoms with van der Waals surface area (Å²) in [6.45, 7) is 3.93. The molecule has 1 N–H and O–H groups in total. The van der Waals surface area contributed by atoms with E-state index < -0.39 is 0 Å². The smallest absolute Gasteiger partial charge is 0.255 e. The summed E-state index contributed by atoms with van der Waals surface area (Å²) in [4.78, 5) is 14.6. The van der Waals surface area contributed by atoms with Gasteiger partial charge in [0.1, 0.15) is 0 Å². The molecule has 0 atom stereocenters. The van der Waals surface area contributed by atoms with Crippen molar-refractivity contribution in [3.63, 3.8) is 0 Å². The molecule has 0 fully saturated rings. The topological polar surface area (TPSA) is 32.3 Å². The van der Waals surface area contributed by atoms with Gasteiger partial charge < -0.3 is 10.2 Å². The number of benzene rings is 2. The summed E-state index contributed by atoms with van der Waals surface area (Å²) in [5.74, 6) is -0.0711. The number of hydrogen-bond donors (Lipinski definition) is 1. The maximum absolute atomic E-state index is 12.4. The number of aryl methyl sites for hydroxylation is 1. The Morgan fingerprint density at radius 1 is 1.09 bits per heavy atom. The highest BCUT2D eigenvalue weighted by molar-refractivity contribution is 6.04. The Kier molecular flexibility index (Phi) is 4.24. The van der Waals surface area contributed by atoms with Gasteiger partial charge in [-0.1, -0.05) is 37.3 Å². The number of anilines is 2. The number of amides is 1. The van der Waals surface area contributed by atoms with Gasteiger partial charge in [-0.15, -0.1) is 0 Å². The van der Waals surface area contributed by atoms with Gasteiger partial charge in [0, 0.05) is 30.0 Å². The van der Waals surface area contributed by atoms with Gasteiger partial charge in [0.2, 0.25) is 0 Å². The number of rotatable bonds is 4. The first-order valence-electron chi connectivity index (χ1n) is 7.66. The molecular formula is C19H20N2O. The summed E-state index contributed by atoms with van der Waals surface area (Å²) in [6.07, 6.45) is 5.28. The summed E-state index contributed by atoms with van der Waals surface area (Å²) in [6, 6.07) is 15.8. The average Bonchev–Trinajstić information content (AvgIpc) is 3.10. The van der Waals surface area contributed by atoms with E-state index in [1.165, 1.54) is 5.56 Å². The maximum atomic E-state index is 12.4. The van der Waals surface area contributed by atoms with Gasteiger partial charge in [-0.2, -0.15) is 0 Å². The molecule has 0 unspecified atom stereocenters. The molecule has 0 radical (unpaired) electrons. The Morgan fingerprint density at radius 3 is 2.50 bits per heavy atom. The highest BCUT2D eigenvalue weighted by Gasteiger charge is 2.11. The predicted molar refractivity (Wildman–Crippen MR) is 91.6 cm³/mol. The fourth-order valence-corrected chi connectivity index (χ4v) is 2.56. The summed E-state index contributed by atoms with van der Waals surface area (Å²) in [7, 11) is 0. The molecule has 1 aliphatic rings. The molecule has 0 spiro atoms. The second-order valence-corrected chi connectivity index (χ2v) is 5.43. The Bertz CT molecular complexity index is 681. The van der Waals surface area contributed by atoms with Crippen LogP contribution in [0.25, 0.3) is 0 Å². The van der Waals surface area contributed by atoms with E-state index in [9.17, 15) is 4.79 Å². The fraction of sp³-hybridized carbons (Fsp3) is 0.211. The fourth-order valence-electron chi connectivity index (χ4n) is 2.56. The van der Waals surface area contributed by atoms with Crippen molar-refractivity contribution in [3.05, 3.63) is 71.8 Å². The van der Waals surface area contributed by atoms with Crippen LogP contribution in [0.2, 0.25) is 0 Å². The minimum atomic E-state index is -0.0711. The van der Waals surface area contributed by atoms with E-state index >= 15 is 0 Å². The third-order valence-electron chi connectivity index (χ3n) is 3.91. The van der Waals surface area contributed by atoms with Crippen molar-refractivity contribution in [2.75, 3.05) is 23.3 Å². The lowest BCUT2D eigenvalue weighted by molar-refractivity contribution is 0.102. The molecule has 3 heteroatoms. The van der Waals surface area contributed by atoms with Crippen LogP contribution in [0.15, 0.2) is 60.7 Å². The van der Waals surface area contributed by atoms with E-state index in [0.717, 1.165) is 30.9 Å². The van der Waals surface area contributed by atoms with E-state index in [4.69, 9.17) is 0 Å². The van der Waals surface area contributed by atoms with Crippen LogP contribution in [-0.2, 0) is 6.42 Å². The van der Waals surface area contributed by atoms with Gasteiger partial charge in [0.25, 0.3) is 5.91 Å². The monoisotopic (exact) mass is 292 g/mol. The van der Waals surface area contributed by atoms with Crippen molar-refractivity contribution >= 4 is 17.3 Å². The quantitative estimate of drug-likeness (QED) is 0.867. The zero-order valence-corrected chi connectivity index (χ0v) is 12.8. The maximum Gasteiger partial charge on any atom is 0.255 e. The Hall–Kier alpha value is -2.55. The molecule has 0 saturated heterocycles.